The van der Waals surface area contributed by atoms with E-state index < -0.39 is 0 Å². The van der Waals surface area contributed by atoms with Crippen molar-refractivity contribution in [1.29, 1.82) is 0 Å². The summed E-state index contributed by atoms with van der Waals surface area (Å²) in [4.78, 5) is 107. The van der Waals surface area contributed by atoms with Crippen LogP contribution in [-0.4, -0.2) is 151 Å². The molecule has 30 nitrogen and oxygen atoms in total. The fourth-order valence-electron chi connectivity index (χ4n) is 19.7. The number of aliphatic hydroxyl groups is 4. The smallest absolute Gasteiger partial charge is 0.256 e. The summed E-state index contributed by atoms with van der Waals surface area (Å²) in [7, 11) is 0. The minimum absolute atomic E-state index is 0.0498. The van der Waals surface area contributed by atoms with Crippen molar-refractivity contribution in [2.75, 3.05) is 86.7 Å². The number of amides is 4. The van der Waals surface area contributed by atoms with Crippen molar-refractivity contribution in [2.45, 2.75) is 168 Å². The first-order valence-corrected chi connectivity index (χ1v) is 49.1. The van der Waals surface area contributed by atoms with Crippen molar-refractivity contribution in [2.24, 2.45) is 34.5 Å². The Labute approximate surface area is 827 Å². The highest BCUT2D eigenvalue weighted by molar-refractivity contribution is 6.32. The Bertz CT molecular complexity index is 6390. The molecule has 2 spiro atoms. The first-order chi connectivity index (χ1) is 67.6. The minimum atomic E-state index is -0.281. The molecule has 12 aromatic rings. The molecule has 9 aliphatic rings. The Morgan fingerprint density at radius 2 is 0.791 bits per heavy atom. The van der Waals surface area contributed by atoms with Crippen LogP contribution in [0.4, 0.5) is 47.1 Å². The number of carbonyl (C=O) groups excluding carboxylic acids is 4. The number of aromatic nitrogens is 10. The molecule has 21 rings (SSSR count). The first kappa shape index (κ1) is 96.5. The van der Waals surface area contributed by atoms with Gasteiger partial charge in [0.15, 0.2) is 0 Å². The highest BCUT2D eigenvalue weighted by atomic mass is 35.5. The standard InChI is InChI=1S/2C27H30ClN5O2.C26H28ClN5O2.C25H26ClN7O2/c1-27(2)21-14-33(15-22(21)27)26-31-13-20(25(35)30-11-17-6-4-3-5-7-17)24(32-26)29-12-18-8-9-19(16-34)23(28)10-18;28-23-13-20(7-8-21(23)17-34)15-29-24-22(25(35)30-14-19-5-2-1-3-6-19)16-31-26(32-24)33-12-11-27(18-33)9-4-10-27;27-22-13-19(7-8-20(22)17-33)15-28-23-21(24(34)29-14-18-5-2-1-3-6-18)16-30-25(31-23)32-12-4-9-26(32)10-11-26;26-21-8-15-7-19(6-14(15)4-18(21)13-34)31-23-20(24(35)29-10-22-27-2-1-3-28-22)9-30-25(32-23)33-11-16-5-17(16)12-33/h3-10,13,21-22,34H,11-12,14-16H2,1-2H3,(H,30,35)(H,29,31,32);1-3,5-8,13,16,34H,4,9-12,14-15,17-18H2,(H,30,35)(H,29,31,32);1-3,5-8,13,16,33H,4,9-12,14-15,17H2,(H,29,34)(H,28,30,31);1-4,8-9,16-17,19,34H,5-7,10-13H2,(H,29,35)(H,30,31,32). The van der Waals surface area contributed by atoms with E-state index in [1.807, 2.05) is 140 Å². The van der Waals surface area contributed by atoms with Crippen LogP contribution in [0.25, 0.3) is 0 Å². The lowest BCUT2D eigenvalue weighted by Gasteiger charge is -2.37. The number of benzene rings is 7. The molecule has 0 radical (unpaired) electrons. The highest BCUT2D eigenvalue weighted by Gasteiger charge is 2.62. The van der Waals surface area contributed by atoms with Gasteiger partial charge < -0.3 is 82.6 Å². The number of halogens is 4. The van der Waals surface area contributed by atoms with Gasteiger partial charge in [0.25, 0.3) is 23.6 Å². The van der Waals surface area contributed by atoms with Gasteiger partial charge in [0, 0.05) is 154 Å². The normalized spacial score (nSPS) is 18.5. The minimum Gasteiger partial charge on any atom is -0.392 e. The van der Waals surface area contributed by atoms with Crippen molar-refractivity contribution in [3.8, 4) is 0 Å². The summed E-state index contributed by atoms with van der Waals surface area (Å²) in [5.74, 6) is 7.04. The molecular formula is C105H114Cl4N22O8. The zero-order valence-corrected chi connectivity index (χ0v) is 80.7. The molecule has 5 aromatic heterocycles. The summed E-state index contributed by atoms with van der Waals surface area (Å²) in [6.45, 7) is 13.7. The number of nitrogens with one attached hydrogen (secondary N) is 8. The van der Waals surface area contributed by atoms with Gasteiger partial charge in [0.1, 0.15) is 51.3 Å². The van der Waals surface area contributed by atoms with E-state index in [1.54, 1.807) is 61.4 Å². The van der Waals surface area contributed by atoms with E-state index in [4.69, 9.17) is 66.3 Å². The van der Waals surface area contributed by atoms with Crippen LogP contribution in [0.3, 0.4) is 0 Å². The molecule has 12 N–H and O–H groups in total. The fourth-order valence-corrected chi connectivity index (χ4v) is 20.7. The topological polar surface area (TPSA) is 387 Å². The van der Waals surface area contributed by atoms with Crippen molar-refractivity contribution in [3.63, 3.8) is 0 Å². The molecule has 4 amide bonds. The van der Waals surface area contributed by atoms with E-state index in [9.17, 15) is 39.6 Å². The van der Waals surface area contributed by atoms with Gasteiger partial charge >= 0.3 is 0 Å². The molecule has 34 heteroatoms. The zero-order chi connectivity index (χ0) is 96.3. The molecule has 8 fully saturated rings. The quantitative estimate of drug-likeness (QED) is 0.0192. The van der Waals surface area contributed by atoms with Crippen LogP contribution in [0.1, 0.15) is 186 Å². The second-order valence-electron chi connectivity index (χ2n) is 38.1. The number of hydrogen-bond acceptors (Lipinski definition) is 26. The fraction of sp³-hybridized carbons (Fsp3) is 0.371. The van der Waals surface area contributed by atoms with Crippen LogP contribution in [0.2, 0.25) is 20.1 Å². The van der Waals surface area contributed by atoms with Gasteiger partial charge in [-0.1, -0.05) is 200 Å². The Morgan fingerprint density at radius 1 is 0.388 bits per heavy atom. The van der Waals surface area contributed by atoms with Crippen LogP contribution < -0.4 is 62.1 Å². The number of fused-ring (bicyclic) bond motifs is 3. The molecule has 7 aromatic carbocycles. The molecule has 9 heterocycles. The molecule has 0 bridgehead atoms. The zero-order valence-electron chi connectivity index (χ0n) is 77.6. The number of aliphatic hydroxyl groups excluding tert-OH is 4. The Morgan fingerprint density at radius 3 is 1.22 bits per heavy atom. The number of piperidine rings is 2. The SMILES string of the molecule is CC1(C)C2CN(c3ncc(C(=O)NCc4ccccc4)c(NCc4ccc(CO)c(Cl)c4)n3)CC21.O=C(NCc1ccccc1)c1cnc(N2CCC3(CCC3)C2)nc1NCc1ccc(CO)c(Cl)c1.O=C(NCc1ccccc1)c1cnc(N2CCCC23CC3)nc1NCc1ccc(CO)c(Cl)c1.O=C(NCc1ncccn1)c1cnc(N2CC3CC3C2)nc1NC1Cc2cc(Cl)c(CO)cc2C1. The predicted molar refractivity (Wildman–Crippen MR) is 539 cm³/mol. The molecule has 4 aliphatic heterocycles. The van der Waals surface area contributed by atoms with Gasteiger partial charge in [0.2, 0.25) is 23.8 Å². The Kier molecular flexibility index (Phi) is 30.1. The lowest BCUT2D eigenvalue weighted by molar-refractivity contribution is 0.0942. The lowest BCUT2D eigenvalue weighted by atomic mass is 9.68. The van der Waals surface area contributed by atoms with Gasteiger partial charge in [-0.05, 0) is 196 Å². The summed E-state index contributed by atoms with van der Waals surface area (Å²) in [6.07, 6.45) is 22.3. The predicted octanol–water partition coefficient (Wildman–Crippen LogP) is 15.5. The van der Waals surface area contributed by atoms with Crippen LogP contribution in [0.15, 0.2) is 201 Å². The monoisotopic (exact) mass is 1950 g/mol. The lowest BCUT2D eigenvalue weighted by Crippen LogP contribution is -2.34. The third kappa shape index (κ3) is 23.2. The number of anilines is 8. The second-order valence-corrected chi connectivity index (χ2v) is 39.7. The maximum absolute atomic E-state index is 13.1. The molecule has 5 aliphatic carbocycles. The molecule has 4 saturated carbocycles. The molecule has 4 saturated heterocycles. The van der Waals surface area contributed by atoms with Crippen LogP contribution in [0.5, 0.6) is 0 Å². The summed E-state index contributed by atoms with van der Waals surface area (Å²) >= 11 is 25.1. The van der Waals surface area contributed by atoms with Crippen molar-refractivity contribution < 1.29 is 39.6 Å². The molecule has 5 unspecified atom stereocenters. The number of hydrogen-bond donors (Lipinski definition) is 12. The van der Waals surface area contributed by atoms with E-state index in [0.717, 1.165) is 127 Å². The second kappa shape index (κ2) is 43.3. The molecular weight excluding hydrogens is 1840 g/mol. The van der Waals surface area contributed by atoms with Crippen molar-refractivity contribution in [3.05, 3.63) is 316 Å². The van der Waals surface area contributed by atoms with Crippen LogP contribution in [-0.2, 0) is 85.1 Å². The maximum atomic E-state index is 13.1. The van der Waals surface area contributed by atoms with Crippen LogP contribution >= 0.6 is 46.4 Å². The largest absolute Gasteiger partial charge is 0.392 e. The summed E-state index contributed by atoms with van der Waals surface area (Å²) in [5.41, 5.74) is 13.5. The number of carbonyl (C=O) groups is 4. The first-order valence-electron chi connectivity index (χ1n) is 47.6. The molecule has 720 valence electrons. The third-order valence-electron chi connectivity index (χ3n) is 28.5. The van der Waals surface area contributed by atoms with E-state index in [2.05, 4.69) is 106 Å². The van der Waals surface area contributed by atoms with Gasteiger partial charge in [-0.15, -0.1) is 0 Å². The maximum Gasteiger partial charge on any atom is 0.256 e. The van der Waals surface area contributed by atoms with Crippen LogP contribution in [0, 0.1) is 34.5 Å². The van der Waals surface area contributed by atoms with Crippen molar-refractivity contribution in [1.82, 2.24) is 71.1 Å². The van der Waals surface area contributed by atoms with E-state index in [1.165, 1.54) is 51.4 Å². The molecule has 5 atom stereocenters. The van der Waals surface area contributed by atoms with Crippen molar-refractivity contribution >= 4 is 117 Å². The summed E-state index contributed by atoms with van der Waals surface area (Å²) in [6, 6.07) is 51.6. The third-order valence-corrected chi connectivity index (χ3v) is 29.9. The summed E-state index contributed by atoms with van der Waals surface area (Å²) in [5, 5.41) is 65.1. The number of rotatable bonds is 31. The van der Waals surface area contributed by atoms with Gasteiger partial charge in [-0.3, -0.25) is 19.2 Å². The van der Waals surface area contributed by atoms with Gasteiger partial charge in [-0.25, -0.2) is 29.9 Å². The summed E-state index contributed by atoms with van der Waals surface area (Å²) < 4.78 is 0. The van der Waals surface area contributed by atoms with Gasteiger partial charge in [0.05, 0.1) is 33.0 Å². The van der Waals surface area contributed by atoms with Gasteiger partial charge in [-0.2, -0.15) is 19.9 Å². The van der Waals surface area contributed by atoms with E-state index in [0.29, 0.717) is 174 Å². The average Bonchev–Trinajstić information content (AvgIpc) is 1.54. The Balaban J connectivity index is 0.000000123. The van der Waals surface area contributed by atoms with E-state index >= 15 is 0 Å². The van der Waals surface area contributed by atoms with E-state index in [-0.39, 0.29) is 68.2 Å². The highest BCUT2D eigenvalue weighted by Crippen LogP contribution is 2.62. The Hall–Kier alpha value is -12.8. The molecule has 139 heavy (non-hydrogen) atoms. The number of nitrogens with zero attached hydrogens (tertiary/aromatic N) is 14. The average molecular weight is 1950 g/mol.